The lowest BCUT2D eigenvalue weighted by Gasteiger charge is -2.17. The lowest BCUT2D eigenvalue weighted by molar-refractivity contribution is 0.0935. The van der Waals surface area contributed by atoms with Crippen LogP contribution in [0.5, 0.6) is 0 Å². The van der Waals surface area contributed by atoms with E-state index in [0.717, 1.165) is 18.5 Å². The fraction of sp³-hybridized carbons (Fsp3) is 0.333. The van der Waals surface area contributed by atoms with Crippen LogP contribution in [0.3, 0.4) is 0 Å². The minimum absolute atomic E-state index is 0.0576. The number of aromatic nitrogens is 1. The summed E-state index contributed by atoms with van der Waals surface area (Å²) in [6.45, 7) is 3.94. The van der Waals surface area contributed by atoms with Crippen LogP contribution in [0.4, 0.5) is 5.82 Å². The normalized spacial score (nSPS) is 12.1. The maximum Gasteiger partial charge on any atom is 0.251 e. The van der Waals surface area contributed by atoms with Gasteiger partial charge in [0.2, 0.25) is 0 Å². The van der Waals surface area contributed by atoms with Gasteiger partial charge in [0.05, 0.1) is 6.04 Å². The lowest BCUT2D eigenvalue weighted by Crippen LogP contribution is -2.28. The highest BCUT2D eigenvalue weighted by atomic mass is 32.1. The van der Waals surface area contributed by atoms with Crippen molar-refractivity contribution in [3.63, 3.8) is 0 Å². The SMILES string of the molecule is CCCC(NC(=O)c1cc(C)nc(N)c1)c1cccs1. The molecule has 5 heteroatoms. The molecule has 1 unspecified atom stereocenters. The van der Waals surface area contributed by atoms with E-state index in [9.17, 15) is 4.79 Å². The predicted octanol–water partition coefficient (Wildman–Crippen LogP) is 3.30. The molecule has 0 bridgehead atoms. The van der Waals surface area contributed by atoms with Gasteiger partial charge >= 0.3 is 0 Å². The van der Waals surface area contributed by atoms with Crippen LogP contribution < -0.4 is 11.1 Å². The Morgan fingerprint density at radius 2 is 2.30 bits per heavy atom. The Balaban J connectivity index is 2.16. The van der Waals surface area contributed by atoms with Gasteiger partial charge in [0.25, 0.3) is 5.91 Å². The number of hydrogen-bond donors (Lipinski definition) is 2. The van der Waals surface area contributed by atoms with Crippen LogP contribution in [0, 0.1) is 6.92 Å². The molecule has 1 atom stereocenters. The van der Waals surface area contributed by atoms with E-state index in [0.29, 0.717) is 11.4 Å². The molecule has 2 aromatic heterocycles. The van der Waals surface area contributed by atoms with Gasteiger partial charge in [0, 0.05) is 16.1 Å². The molecule has 4 nitrogen and oxygen atoms in total. The molecule has 106 valence electrons. The average molecular weight is 289 g/mol. The summed E-state index contributed by atoms with van der Waals surface area (Å²) in [6.07, 6.45) is 1.94. The monoisotopic (exact) mass is 289 g/mol. The van der Waals surface area contributed by atoms with E-state index in [1.807, 2.05) is 18.4 Å². The zero-order valence-corrected chi connectivity index (χ0v) is 12.5. The molecule has 0 saturated carbocycles. The maximum atomic E-state index is 12.3. The van der Waals surface area contributed by atoms with E-state index in [1.165, 1.54) is 4.88 Å². The third kappa shape index (κ3) is 3.57. The van der Waals surface area contributed by atoms with Crippen molar-refractivity contribution in [3.05, 3.63) is 45.8 Å². The molecule has 0 saturated heterocycles. The maximum absolute atomic E-state index is 12.3. The molecule has 0 radical (unpaired) electrons. The number of thiophene rings is 1. The van der Waals surface area contributed by atoms with Gasteiger partial charge < -0.3 is 11.1 Å². The first kappa shape index (κ1) is 14.5. The van der Waals surface area contributed by atoms with Gasteiger partial charge in [-0.1, -0.05) is 19.4 Å². The Morgan fingerprint density at radius 1 is 1.50 bits per heavy atom. The summed E-state index contributed by atoms with van der Waals surface area (Å²) in [5.41, 5.74) is 7.00. The molecule has 0 aliphatic carbocycles. The van der Waals surface area contributed by atoms with Gasteiger partial charge in [-0.05, 0) is 36.9 Å². The molecular formula is C15H19N3OS. The van der Waals surface area contributed by atoms with Crippen LogP contribution in [-0.4, -0.2) is 10.9 Å². The summed E-state index contributed by atoms with van der Waals surface area (Å²) < 4.78 is 0. The molecule has 0 spiro atoms. The Kier molecular flexibility index (Phi) is 4.74. The fourth-order valence-corrected chi connectivity index (χ4v) is 2.94. The predicted molar refractivity (Wildman–Crippen MR) is 82.8 cm³/mol. The molecule has 0 aliphatic heterocycles. The number of aryl methyl sites for hydroxylation is 1. The third-order valence-corrected chi connectivity index (χ3v) is 3.99. The van der Waals surface area contributed by atoms with Crippen LogP contribution in [0.1, 0.15) is 46.7 Å². The largest absolute Gasteiger partial charge is 0.384 e. The zero-order valence-electron chi connectivity index (χ0n) is 11.7. The molecule has 3 N–H and O–H groups in total. The summed E-state index contributed by atoms with van der Waals surface area (Å²) in [4.78, 5) is 17.6. The highest BCUT2D eigenvalue weighted by Gasteiger charge is 2.16. The summed E-state index contributed by atoms with van der Waals surface area (Å²) in [5, 5.41) is 5.11. The van der Waals surface area contributed by atoms with Crippen molar-refractivity contribution < 1.29 is 4.79 Å². The molecule has 2 heterocycles. The zero-order chi connectivity index (χ0) is 14.5. The third-order valence-electron chi connectivity index (χ3n) is 3.00. The van der Waals surface area contributed by atoms with Crippen LogP contribution in [0.2, 0.25) is 0 Å². The number of pyridine rings is 1. The molecule has 20 heavy (non-hydrogen) atoms. The van der Waals surface area contributed by atoms with Gasteiger partial charge in [-0.25, -0.2) is 4.98 Å². The highest BCUT2D eigenvalue weighted by molar-refractivity contribution is 7.10. The van der Waals surface area contributed by atoms with Crippen LogP contribution in [0.25, 0.3) is 0 Å². The number of nitrogens with one attached hydrogen (secondary N) is 1. The van der Waals surface area contributed by atoms with Gasteiger partial charge in [-0.3, -0.25) is 4.79 Å². The van der Waals surface area contributed by atoms with Crippen molar-refractivity contribution in [2.24, 2.45) is 0 Å². The van der Waals surface area contributed by atoms with E-state index >= 15 is 0 Å². The summed E-state index contributed by atoms with van der Waals surface area (Å²) >= 11 is 1.66. The van der Waals surface area contributed by atoms with E-state index in [4.69, 9.17) is 5.73 Å². The molecule has 0 fully saturated rings. The van der Waals surface area contributed by atoms with Crippen molar-refractivity contribution in [1.29, 1.82) is 0 Å². The van der Waals surface area contributed by atoms with Crippen LogP contribution in [0.15, 0.2) is 29.6 Å². The summed E-state index contributed by atoms with van der Waals surface area (Å²) in [5.74, 6) is 0.271. The second-order valence-electron chi connectivity index (χ2n) is 4.75. The first-order chi connectivity index (χ1) is 9.60. The minimum Gasteiger partial charge on any atom is -0.384 e. The highest BCUT2D eigenvalue weighted by Crippen LogP contribution is 2.23. The Morgan fingerprint density at radius 3 is 2.90 bits per heavy atom. The lowest BCUT2D eigenvalue weighted by atomic mass is 10.1. The van der Waals surface area contributed by atoms with Crippen molar-refractivity contribution in [1.82, 2.24) is 10.3 Å². The van der Waals surface area contributed by atoms with E-state index in [1.54, 1.807) is 23.5 Å². The smallest absolute Gasteiger partial charge is 0.251 e. The second-order valence-corrected chi connectivity index (χ2v) is 5.73. The van der Waals surface area contributed by atoms with Gasteiger partial charge in [-0.2, -0.15) is 0 Å². The first-order valence-corrected chi connectivity index (χ1v) is 7.56. The molecule has 2 rings (SSSR count). The van der Waals surface area contributed by atoms with Gasteiger partial charge in [-0.15, -0.1) is 11.3 Å². The van der Waals surface area contributed by atoms with E-state index < -0.39 is 0 Å². The van der Waals surface area contributed by atoms with Crippen molar-refractivity contribution in [2.75, 3.05) is 5.73 Å². The van der Waals surface area contributed by atoms with E-state index in [2.05, 4.69) is 23.3 Å². The van der Waals surface area contributed by atoms with Crippen LogP contribution >= 0.6 is 11.3 Å². The van der Waals surface area contributed by atoms with Crippen molar-refractivity contribution >= 4 is 23.1 Å². The Bertz CT molecular complexity index is 561. The van der Waals surface area contributed by atoms with Crippen molar-refractivity contribution in [2.45, 2.75) is 32.7 Å². The first-order valence-electron chi connectivity index (χ1n) is 6.68. The van der Waals surface area contributed by atoms with E-state index in [-0.39, 0.29) is 11.9 Å². The van der Waals surface area contributed by atoms with Crippen LogP contribution in [-0.2, 0) is 0 Å². The molecular weight excluding hydrogens is 270 g/mol. The number of rotatable bonds is 5. The number of amides is 1. The molecule has 0 aliphatic rings. The molecule has 2 aromatic rings. The number of nitrogens with two attached hydrogens (primary N) is 1. The number of carbonyl (C=O) groups excluding carboxylic acids is 1. The standard InChI is InChI=1S/C15H19N3OS/c1-3-5-12(13-6-4-7-20-13)18-15(19)11-8-10(2)17-14(16)9-11/h4,6-9,12H,3,5H2,1-2H3,(H2,16,17)(H,18,19). The van der Waals surface area contributed by atoms with Gasteiger partial charge in [0.1, 0.15) is 5.82 Å². The second kappa shape index (κ2) is 6.52. The number of anilines is 1. The number of carbonyl (C=O) groups is 1. The topological polar surface area (TPSA) is 68.0 Å². The Hall–Kier alpha value is -1.88. The Labute approximate surface area is 123 Å². The van der Waals surface area contributed by atoms with Gasteiger partial charge in [0.15, 0.2) is 0 Å². The van der Waals surface area contributed by atoms with Crippen molar-refractivity contribution in [3.8, 4) is 0 Å². The number of nitrogens with zero attached hydrogens (tertiary/aromatic N) is 1. The minimum atomic E-state index is -0.103. The summed E-state index contributed by atoms with van der Waals surface area (Å²) in [7, 11) is 0. The quantitative estimate of drug-likeness (QED) is 0.887. The fourth-order valence-electron chi connectivity index (χ4n) is 2.13. The molecule has 1 amide bonds. The number of hydrogen-bond acceptors (Lipinski definition) is 4. The number of nitrogen functional groups attached to an aromatic ring is 1. The summed E-state index contributed by atoms with van der Waals surface area (Å²) in [6, 6.07) is 7.48. The average Bonchev–Trinajstić information content (AvgIpc) is 2.90. The molecule has 0 aromatic carbocycles.